The molecule has 0 saturated heterocycles. The van der Waals surface area contributed by atoms with Crippen LogP contribution in [-0.2, 0) is 9.22 Å². The second-order valence-electron chi connectivity index (χ2n) is 1.20. The topological polar surface area (TPSA) is 87.0 Å². The van der Waals surface area contributed by atoms with E-state index in [0.29, 0.717) is 6.08 Å². The summed E-state index contributed by atoms with van der Waals surface area (Å²) < 4.78 is 3.64. The minimum absolute atomic E-state index is 0.713. The summed E-state index contributed by atoms with van der Waals surface area (Å²) in [6.45, 7) is 2.96. The molecule has 0 saturated carbocycles. The second kappa shape index (κ2) is 2.74. The van der Waals surface area contributed by atoms with Crippen molar-refractivity contribution < 1.29 is 23.6 Å². The first-order chi connectivity index (χ1) is 3.95. The Morgan fingerprint density at radius 3 is 2.11 bits per heavy atom. The van der Waals surface area contributed by atoms with Crippen LogP contribution in [0.3, 0.4) is 0 Å². The smallest absolute Gasteiger partial charge is 0.449 e. The Morgan fingerprint density at radius 2 is 2.00 bits per heavy atom. The van der Waals surface area contributed by atoms with E-state index >= 15 is 0 Å². The van der Waals surface area contributed by atoms with Crippen molar-refractivity contribution in [3.63, 3.8) is 0 Å². The first-order valence-corrected chi connectivity index (χ1v) is 3.73. The summed E-state index contributed by atoms with van der Waals surface area (Å²) in [5, 5.41) is 0. The zero-order valence-corrected chi connectivity index (χ0v) is 5.44. The molecule has 0 rings (SSSR count). The average molecular weight is 150 g/mol. The molecular weight excluding hydrogens is 144 g/mol. The molecule has 0 bridgehead atoms. The molecule has 0 aliphatic rings. The highest BCUT2D eigenvalue weighted by molar-refractivity contribution is 6.51. The molecule has 0 radical (unpaired) electrons. The summed E-state index contributed by atoms with van der Waals surface area (Å²) in [6.07, 6.45) is 0.713. The highest BCUT2D eigenvalue weighted by Crippen LogP contribution is 1.89. The molecule has 0 spiro atoms. The van der Waals surface area contributed by atoms with Crippen molar-refractivity contribution in [2.24, 2.45) is 0 Å². The Kier molecular flexibility index (Phi) is 2.53. The molecule has 52 valence electrons. The van der Waals surface area contributed by atoms with E-state index in [-0.39, 0.29) is 0 Å². The van der Waals surface area contributed by atoms with Gasteiger partial charge in [0.25, 0.3) is 0 Å². The fourth-order valence-electron chi connectivity index (χ4n) is 0.177. The van der Waals surface area contributed by atoms with E-state index in [0.717, 1.165) is 0 Å². The number of rotatable bonds is 2. The van der Waals surface area contributed by atoms with Crippen molar-refractivity contribution >= 4 is 15.0 Å². The second-order valence-corrected chi connectivity index (χ2v) is 2.55. The lowest BCUT2D eigenvalue weighted by Crippen LogP contribution is -2.40. The van der Waals surface area contributed by atoms with E-state index in [1.807, 2.05) is 0 Å². The van der Waals surface area contributed by atoms with Gasteiger partial charge in [-0.15, -0.1) is 0 Å². The Morgan fingerprint density at radius 1 is 1.56 bits per heavy atom. The van der Waals surface area contributed by atoms with Gasteiger partial charge in [0.15, 0.2) is 0 Å². The van der Waals surface area contributed by atoms with Gasteiger partial charge >= 0.3 is 15.0 Å². The maximum Gasteiger partial charge on any atom is 0.743 e. The molecule has 0 aromatic carbocycles. The number of carbonyl (C=O) groups excluding carboxylic acids is 1. The Labute approximate surface area is 52.3 Å². The summed E-state index contributed by atoms with van der Waals surface area (Å²) in [7, 11) is -4.66. The number of carbonyl (C=O) groups is 1. The zero-order chi connectivity index (χ0) is 7.49. The van der Waals surface area contributed by atoms with Crippen LogP contribution in [0.1, 0.15) is 0 Å². The van der Waals surface area contributed by atoms with Crippen LogP contribution in [0.15, 0.2) is 12.7 Å². The van der Waals surface area contributed by atoms with Crippen molar-refractivity contribution in [1.29, 1.82) is 0 Å². The molecule has 0 amide bonds. The molecule has 0 atom stereocenters. The maximum absolute atomic E-state index is 10.0. The van der Waals surface area contributed by atoms with Gasteiger partial charge in [0.1, 0.15) is 0 Å². The van der Waals surface area contributed by atoms with E-state index in [1.54, 1.807) is 0 Å². The van der Waals surface area contributed by atoms with E-state index in [9.17, 15) is 4.79 Å². The normalized spacial score (nSPS) is 10.6. The van der Waals surface area contributed by atoms with Crippen molar-refractivity contribution in [3.8, 4) is 0 Å². The third-order valence-corrected chi connectivity index (χ3v) is 0.879. The van der Waals surface area contributed by atoms with Crippen LogP contribution in [0, 0.1) is 0 Å². The highest BCUT2D eigenvalue weighted by Gasteiger charge is 2.34. The molecule has 5 nitrogen and oxygen atoms in total. The predicted octanol–water partition coefficient (Wildman–Crippen LogP) is -1.87. The van der Waals surface area contributed by atoms with Crippen LogP contribution in [-0.4, -0.2) is 29.4 Å². The van der Waals surface area contributed by atoms with Gasteiger partial charge in [-0.3, -0.25) is 0 Å². The van der Waals surface area contributed by atoms with Gasteiger partial charge in [-0.25, -0.2) is 4.79 Å². The summed E-state index contributed by atoms with van der Waals surface area (Å²) in [5.41, 5.74) is 0. The van der Waals surface area contributed by atoms with E-state index in [4.69, 9.17) is 14.4 Å². The van der Waals surface area contributed by atoms with Crippen LogP contribution in [0.5, 0.6) is 0 Å². The van der Waals surface area contributed by atoms with Crippen LogP contribution >= 0.6 is 0 Å². The summed E-state index contributed by atoms with van der Waals surface area (Å²) in [4.78, 5) is 34.3. The van der Waals surface area contributed by atoms with Gasteiger partial charge in [-0.05, 0) is 0 Å². The molecular formula is C3H6O5Si. The molecule has 0 heterocycles. The first kappa shape index (κ1) is 8.31. The van der Waals surface area contributed by atoms with Gasteiger partial charge in [-0.2, -0.15) is 0 Å². The predicted molar refractivity (Wildman–Crippen MR) is 28.7 cm³/mol. The molecule has 0 fully saturated rings. The van der Waals surface area contributed by atoms with Crippen molar-refractivity contribution in [3.05, 3.63) is 12.7 Å². The third kappa shape index (κ3) is 5.17. The van der Waals surface area contributed by atoms with E-state index in [2.05, 4.69) is 11.0 Å². The maximum atomic E-state index is 10.0. The number of hydrogen-bond acceptors (Lipinski definition) is 5. The number of hydrogen-bond donors (Lipinski definition) is 3. The first-order valence-electron chi connectivity index (χ1n) is 1.98. The quantitative estimate of drug-likeness (QED) is 0.317. The monoisotopic (exact) mass is 150 g/mol. The van der Waals surface area contributed by atoms with Gasteiger partial charge < -0.3 is 18.8 Å². The van der Waals surface area contributed by atoms with Crippen LogP contribution in [0.2, 0.25) is 0 Å². The Balaban J connectivity index is 3.74. The molecule has 0 unspecified atom stereocenters. The van der Waals surface area contributed by atoms with Crippen LogP contribution in [0.4, 0.5) is 0 Å². The molecule has 0 aromatic rings. The third-order valence-electron chi connectivity index (χ3n) is 0.404. The van der Waals surface area contributed by atoms with E-state index in [1.165, 1.54) is 0 Å². The lowest BCUT2D eigenvalue weighted by molar-refractivity contribution is -0.135. The molecule has 0 aliphatic heterocycles. The average Bonchev–Trinajstić information content (AvgIpc) is 1.62. The highest BCUT2D eigenvalue weighted by atomic mass is 28.4. The fourth-order valence-corrected chi connectivity index (χ4v) is 0.530. The van der Waals surface area contributed by atoms with Gasteiger partial charge in [0.05, 0.1) is 0 Å². The molecule has 0 aromatic heterocycles. The van der Waals surface area contributed by atoms with Gasteiger partial charge in [0.2, 0.25) is 0 Å². The lowest BCUT2D eigenvalue weighted by Gasteiger charge is -2.06. The molecule has 6 heteroatoms. The van der Waals surface area contributed by atoms with Crippen molar-refractivity contribution in [1.82, 2.24) is 0 Å². The summed E-state index contributed by atoms with van der Waals surface area (Å²) in [5.74, 6) is -1.06. The molecule has 3 N–H and O–H groups in total. The summed E-state index contributed by atoms with van der Waals surface area (Å²) >= 11 is 0. The van der Waals surface area contributed by atoms with Gasteiger partial charge in [-0.1, -0.05) is 6.58 Å². The standard InChI is InChI=1S/C3H6O5Si/c1-2-3(4)8-9(5,6)7/h2,5-7H,1H2. The Bertz CT molecular complexity index is 125. The van der Waals surface area contributed by atoms with Crippen LogP contribution < -0.4 is 0 Å². The Hall–Kier alpha value is -0.693. The lowest BCUT2D eigenvalue weighted by atomic mass is 10.7. The van der Waals surface area contributed by atoms with E-state index < -0.39 is 15.0 Å². The minimum Gasteiger partial charge on any atom is -0.449 e. The minimum atomic E-state index is -4.66. The fraction of sp³-hybridized carbons (Fsp3) is 0. The summed E-state index contributed by atoms with van der Waals surface area (Å²) in [6, 6.07) is 0. The molecule has 0 aliphatic carbocycles. The van der Waals surface area contributed by atoms with Crippen LogP contribution in [0.25, 0.3) is 0 Å². The van der Waals surface area contributed by atoms with Gasteiger partial charge in [0, 0.05) is 6.08 Å². The largest absolute Gasteiger partial charge is 0.743 e. The van der Waals surface area contributed by atoms with Crippen molar-refractivity contribution in [2.75, 3.05) is 0 Å². The molecule has 9 heavy (non-hydrogen) atoms. The zero-order valence-electron chi connectivity index (χ0n) is 4.44. The SMILES string of the molecule is C=CC(=O)O[Si](O)(O)O. The van der Waals surface area contributed by atoms with Crippen molar-refractivity contribution in [2.45, 2.75) is 0 Å².